The van der Waals surface area contributed by atoms with Gasteiger partial charge in [-0.1, -0.05) is 42.8 Å². The molecule has 1 unspecified atom stereocenters. The van der Waals surface area contributed by atoms with Crippen molar-refractivity contribution in [3.63, 3.8) is 0 Å². The number of nitrogens with zero attached hydrogens (tertiary/aromatic N) is 3. The Hall–Kier alpha value is -3.22. The number of non-ortho nitro benzene ring substituents is 1. The van der Waals surface area contributed by atoms with Crippen molar-refractivity contribution in [2.24, 2.45) is 0 Å². The third-order valence-electron chi connectivity index (χ3n) is 4.71. The Bertz CT molecular complexity index is 978. The highest BCUT2D eigenvalue weighted by molar-refractivity contribution is 5.91. The van der Waals surface area contributed by atoms with Crippen LogP contribution >= 0.6 is 0 Å². The molecule has 2 aromatic carbocycles. The zero-order chi connectivity index (χ0) is 18.9. The fourth-order valence-corrected chi connectivity index (χ4v) is 3.32. The van der Waals surface area contributed by atoms with Gasteiger partial charge < -0.3 is 4.74 Å². The van der Waals surface area contributed by atoms with Gasteiger partial charge in [0.25, 0.3) is 5.69 Å². The average Bonchev–Trinajstić information content (AvgIpc) is 3.08. The first-order valence-electron chi connectivity index (χ1n) is 8.23. The molecule has 3 rings (SSSR count). The summed E-state index contributed by atoms with van der Waals surface area (Å²) >= 11 is 0. The van der Waals surface area contributed by atoms with E-state index in [0.29, 0.717) is 22.9 Å². The molecule has 0 amide bonds. The normalized spacial score (nSPS) is 13.3. The maximum absolute atomic E-state index is 12.9. The van der Waals surface area contributed by atoms with Gasteiger partial charge in [-0.25, -0.2) is 9.48 Å². The van der Waals surface area contributed by atoms with Crippen LogP contribution in [0.5, 0.6) is 0 Å². The van der Waals surface area contributed by atoms with Crippen LogP contribution in [0.15, 0.2) is 48.7 Å². The summed E-state index contributed by atoms with van der Waals surface area (Å²) in [6, 6.07) is 12.3. The number of ether oxygens (including phenoxy) is 1. The number of benzene rings is 2. The number of carbonyl (C=O) groups excluding carboxylic acids is 1. The summed E-state index contributed by atoms with van der Waals surface area (Å²) in [4.78, 5) is 23.8. The van der Waals surface area contributed by atoms with Gasteiger partial charge >= 0.3 is 5.97 Å². The highest BCUT2D eigenvalue weighted by Crippen LogP contribution is 2.36. The van der Waals surface area contributed by atoms with Gasteiger partial charge in [0.15, 0.2) is 5.54 Å². The summed E-state index contributed by atoms with van der Waals surface area (Å²) in [5.74, 6) is -0.472. The minimum atomic E-state index is -1.21. The fraction of sp³-hybridized carbons (Fsp3) is 0.263. The van der Waals surface area contributed by atoms with Gasteiger partial charge in [-0.2, -0.15) is 5.10 Å². The van der Waals surface area contributed by atoms with Crippen molar-refractivity contribution in [3.05, 3.63) is 69.9 Å². The van der Waals surface area contributed by atoms with E-state index in [-0.39, 0.29) is 5.69 Å². The Morgan fingerprint density at radius 2 is 1.96 bits per heavy atom. The molecule has 1 atom stereocenters. The van der Waals surface area contributed by atoms with Crippen LogP contribution in [0.2, 0.25) is 0 Å². The Labute approximate surface area is 150 Å². The van der Waals surface area contributed by atoms with E-state index in [9.17, 15) is 14.9 Å². The van der Waals surface area contributed by atoms with E-state index in [1.165, 1.54) is 24.1 Å². The average molecular weight is 353 g/mol. The van der Waals surface area contributed by atoms with Crippen molar-refractivity contribution >= 4 is 22.6 Å². The van der Waals surface area contributed by atoms with Crippen LogP contribution in [0, 0.1) is 17.0 Å². The molecule has 0 saturated carbocycles. The van der Waals surface area contributed by atoms with E-state index in [1.807, 2.05) is 38.1 Å². The van der Waals surface area contributed by atoms with E-state index >= 15 is 0 Å². The number of rotatable bonds is 5. The van der Waals surface area contributed by atoms with Crippen LogP contribution < -0.4 is 0 Å². The number of hydrogen-bond acceptors (Lipinski definition) is 5. The van der Waals surface area contributed by atoms with E-state index in [4.69, 9.17) is 4.74 Å². The number of hydrogen-bond donors (Lipinski definition) is 0. The Morgan fingerprint density at radius 1 is 1.27 bits per heavy atom. The molecular formula is C19H19N3O4. The molecule has 7 heteroatoms. The van der Waals surface area contributed by atoms with Gasteiger partial charge in [0, 0.05) is 6.07 Å². The zero-order valence-corrected chi connectivity index (χ0v) is 14.8. The molecule has 7 nitrogen and oxygen atoms in total. The SMILES string of the molecule is CCC(C(=O)OC)(c1ccc(C)cc1)n1ncc2c([N+](=O)[O-])cccc21. The number of fused-ring (bicyclic) bond motifs is 1. The molecule has 0 aliphatic heterocycles. The molecule has 0 spiro atoms. The first kappa shape index (κ1) is 17.6. The second-order valence-electron chi connectivity index (χ2n) is 6.09. The number of nitro benzene ring substituents is 1. The molecular weight excluding hydrogens is 334 g/mol. The lowest BCUT2D eigenvalue weighted by Gasteiger charge is -2.31. The number of methoxy groups -OCH3 is 1. The Kier molecular flexibility index (Phi) is 4.46. The molecule has 1 heterocycles. The largest absolute Gasteiger partial charge is 0.467 e. The highest BCUT2D eigenvalue weighted by atomic mass is 16.6. The van der Waals surface area contributed by atoms with Gasteiger partial charge in [0.1, 0.15) is 0 Å². The van der Waals surface area contributed by atoms with Gasteiger partial charge in [-0.05, 0) is 25.0 Å². The van der Waals surface area contributed by atoms with Crippen molar-refractivity contribution in [2.75, 3.05) is 7.11 Å². The molecule has 26 heavy (non-hydrogen) atoms. The fourth-order valence-electron chi connectivity index (χ4n) is 3.32. The zero-order valence-electron chi connectivity index (χ0n) is 14.8. The molecule has 0 saturated heterocycles. The minimum absolute atomic E-state index is 0.0486. The topological polar surface area (TPSA) is 87.3 Å². The quantitative estimate of drug-likeness (QED) is 0.397. The predicted octanol–water partition coefficient (Wildman–Crippen LogP) is 3.58. The lowest BCUT2D eigenvalue weighted by molar-refractivity contribution is -0.383. The lowest BCUT2D eigenvalue weighted by Crippen LogP contribution is -2.44. The summed E-state index contributed by atoms with van der Waals surface area (Å²) in [6.07, 6.45) is 1.80. The summed E-state index contributed by atoms with van der Waals surface area (Å²) in [7, 11) is 1.33. The van der Waals surface area contributed by atoms with Crippen molar-refractivity contribution in [2.45, 2.75) is 25.8 Å². The third-order valence-corrected chi connectivity index (χ3v) is 4.71. The van der Waals surface area contributed by atoms with Crippen LogP contribution in [0.3, 0.4) is 0 Å². The van der Waals surface area contributed by atoms with Crippen molar-refractivity contribution in [3.8, 4) is 0 Å². The van der Waals surface area contributed by atoms with E-state index in [0.717, 1.165) is 5.56 Å². The third kappa shape index (κ3) is 2.52. The van der Waals surface area contributed by atoms with E-state index in [2.05, 4.69) is 5.10 Å². The van der Waals surface area contributed by atoms with Crippen molar-refractivity contribution in [1.29, 1.82) is 0 Å². The Balaban J connectivity index is 2.35. The molecule has 3 aromatic rings. The molecule has 0 N–H and O–H groups in total. The van der Waals surface area contributed by atoms with Crippen LogP contribution in [-0.4, -0.2) is 27.8 Å². The summed E-state index contributed by atoms with van der Waals surface area (Å²) in [6.45, 7) is 3.82. The van der Waals surface area contributed by atoms with Crippen LogP contribution in [0.1, 0.15) is 24.5 Å². The van der Waals surface area contributed by atoms with Crippen LogP contribution in [0.4, 0.5) is 5.69 Å². The maximum Gasteiger partial charge on any atom is 0.338 e. The second-order valence-corrected chi connectivity index (χ2v) is 6.09. The summed E-state index contributed by atoms with van der Waals surface area (Å²) in [5, 5.41) is 16.1. The number of aryl methyl sites for hydroxylation is 1. The number of nitro groups is 1. The van der Waals surface area contributed by atoms with Gasteiger partial charge in [0.2, 0.25) is 0 Å². The predicted molar refractivity (Wildman–Crippen MR) is 96.9 cm³/mol. The second kappa shape index (κ2) is 6.59. The molecule has 0 radical (unpaired) electrons. The first-order chi connectivity index (χ1) is 12.5. The molecule has 0 aliphatic rings. The molecule has 1 aromatic heterocycles. The van der Waals surface area contributed by atoms with Crippen LogP contribution in [0.25, 0.3) is 10.9 Å². The van der Waals surface area contributed by atoms with Gasteiger partial charge in [-0.3, -0.25) is 10.1 Å². The minimum Gasteiger partial charge on any atom is -0.467 e. The summed E-state index contributed by atoms with van der Waals surface area (Å²) in [5.41, 5.74) is 1.03. The standard InChI is InChI=1S/C19H19N3O4/c1-4-19(18(23)26-3,14-10-8-13(2)9-11-14)21-16-6-5-7-17(22(24)25)15(16)12-20-21/h5-12H,4H2,1-3H3. The van der Waals surface area contributed by atoms with Gasteiger partial charge in [-0.15, -0.1) is 0 Å². The highest BCUT2D eigenvalue weighted by Gasteiger charge is 2.44. The van der Waals surface area contributed by atoms with Crippen LogP contribution in [-0.2, 0) is 15.1 Å². The number of aromatic nitrogens is 2. The van der Waals surface area contributed by atoms with Crippen molar-refractivity contribution < 1.29 is 14.5 Å². The molecule has 134 valence electrons. The monoisotopic (exact) mass is 353 g/mol. The van der Waals surface area contributed by atoms with Gasteiger partial charge in [0.05, 0.1) is 29.1 Å². The number of esters is 1. The smallest absolute Gasteiger partial charge is 0.338 e. The van der Waals surface area contributed by atoms with E-state index in [1.54, 1.807) is 12.1 Å². The molecule has 0 bridgehead atoms. The summed E-state index contributed by atoms with van der Waals surface area (Å²) < 4.78 is 6.64. The first-order valence-corrected chi connectivity index (χ1v) is 8.23. The van der Waals surface area contributed by atoms with E-state index < -0.39 is 16.4 Å². The molecule has 0 aliphatic carbocycles. The van der Waals surface area contributed by atoms with Crippen molar-refractivity contribution in [1.82, 2.24) is 9.78 Å². The lowest BCUT2D eigenvalue weighted by atomic mass is 9.86. The number of carbonyl (C=O) groups is 1. The molecule has 0 fully saturated rings. The maximum atomic E-state index is 12.9. The Morgan fingerprint density at radius 3 is 2.54 bits per heavy atom.